The van der Waals surface area contributed by atoms with Gasteiger partial charge in [-0.25, -0.2) is 4.39 Å². The second kappa shape index (κ2) is 8.92. The fraction of sp³-hybridized carbons (Fsp3) is 0.625. The molecule has 0 saturated heterocycles. The number of nitrogens with zero attached hydrogens (tertiary/aromatic N) is 1. The molecule has 19 heavy (non-hydrogen) atoms. The number of benzene rings is 1. The fourth-order valence-corrected chi connectivity index (χ4v) is 2.06. The highest BCUT2D eigenvalue weighted by Gasteiger charge is 2.01. The molecule has 1 aromatic rings. The van der Waals surface area contributed by atoms with Gasteiger partial charge in [0.25, 0.3) is 0 Å². The molecular formula is C16H27FN2. The van der Waals surface area contributed by atoms with Crippen LogP contribution in [0.15, 0.2) is 24.3 Å². The second-order valence-electron chi connectivity index (χ2n) is 5.42. The summed E-state index contributed by atoms with van der Waals surface area (Å²) in [5.41, 5.74) is 0.960. The average Bonchev–Trinajstić information content (AvgIpc) is 2.37. The van der Waals surface area contributed by atoms with Crippen molar-refractivity contribution < 1.29 is 4.39 Å². The van der Waals surface area contributed by atoms with Crippen LogP contribution in [0.5, 0.6) is 0 Å². The first-order chi connectivity index (χ1) is 9.09. The van der Waals surface area contributed by atoms with Crippen molar-refractivity contribution in [3.05, 3.63) is 30.1 Å². The lowest BCUT2D eigenvalue weighted by Crippen LogP contribution is -2.23. The van der Waals surface area contributed by atoms with E-state index in [4.69, 9.17) is 0 Å². The monoisotopic (exact) mass is 266 g/mol. The zero-order valence-corrected chi connectivity index (χ0v) is 12.5. The van der Waals surface area contributed by atoms with Gasteiger partial charge in [-0.3, -0.25) is 0 Å². The molecular weight excluding hydrogens is 239 g/mol. The zero-order chi connectivity index (χ0) is 14.1. The number of unbranched alkanes of at least 4 members (excludes halogenated alkanes) is 3. The first kappa shape index (κ1) is 16.0. The minimum atomic E-state index is -0.163. The molecule has 0 spiro atoms. The lowest BCUT2D eigenvalue weighted by molar-refractivity contribution is 0.542. The summed E-state index contributed by atoms with van der Waals surface area (Å²) in [7, 11) is 2.02. The van der Waals surface area contributed by atoms with Crippen LogP contribution in [0.1, 0.15) is 39.5 Å². The van der Waals surface area contributed by atoms with E-state index in [-0.39, 0.29) is 5.82 Å². The highest BCUT2D eigenvalue weighted by atomic mass is 19.1. The summed E-state index contributed by atoms with van der Waals surface area (Å²) in [5.74, 6) is -0.163. The molecule has 0 unspecified atom stereocenters. The Morgan fingerprint density at radius 1 is 1.16 bits per heavy atom. The van der Waals surface area contributed by atoms with Gasteiger partial charge in [-0.15, -0.1) is 0 Å². The van der Waals surface area contributed by atoms with Gasteiger partial charge in [0, 0.05) is 25.3 Å². The molecule has 0 bridgehead atoms. The van der Waals surface area contributed by atoms with Crippen LogP contribution in [0, 0.1) is 5.82 Å². The van der Waals surface area contributed by atoms with Crippen molar-refractivity contribution in [2.24, 2.45) is 0 Å². The van der Waals surface area contributed by atoms with Gasteiger partial charge in [-0.2, -0.15) is 0 Å². The van der Waals surface area contributed by atoms with Crippen molar-refractivity contribution >= 4 is 5.69 Å². The molecule has 2 nitrogen and oxygen atoms in total. The molecule has 0 atom stereocenters. The van der Waals surface area contributed by atoms with Crippen LogP contribution >= 0.6 is 0 Å². The summed E-state index contributed by atoms with van der Waals surface area (Å²) in [4.78, 5) is 2.12. The van der Waals surface area contributed by atoms with Crippen LogP contribution in [0.25, 0.3) is 0 Å². The maximum Gasteiger partial charge on any atom is 0.125 e. The number of hydrogen-bond acceptors (Lipinski definition) is 2. The Hall–Kier alpha value is -1.09. The third-order valence-electron chi connectivity index (χ3n) is 3.22. The summed E-state index contributed by atoms with van der Waals surface area (Å²) < 4.78 is 13.1. The molecule has 0 radical (unpaired) electrons. The minimum Gasteiger partial charge on any atom is -0.375 e. The van der Waals surface area contributed by atoms with E-state index in [1.54, 1.807) is 12.1 Å². The van der Waals surface area contributed by atoms with E-state index in [0.29, 0.717) is 6.04 Å². The Bertz CT molecular complexity index is 352. The molecule has 1 rings (SSSR count). The Kier molecular flexibility index (Phi) is 7.49. The van der Waals surface area contributed by atoms with Gasteiger partial charge in [0.05, 0.1) is 0 Å². The highest BCUT2D eigenvalue weighted by Crippen LogP contribution is 2.14. The fourth-order valence-electron chi connectivity index (χ4n) is 2.06. The number of halogens is 1. The van der Waals surface area contributed by atoms with E-state index >= 15 is 0 Å². The average molecular weight is 266 g/mol. The normalized spacial score (nSPS) is 11.0. The lowest BCUT2D eigenvalue weighted by Gasteiger charge is -2.19. The van der Waals surface area contributed by atoms with Crippen molar-refractivity contribution in [1.82, 2.24) is 5.32 Å². The third-order valence-corrected chi connectivity index (χ3v) is 3.22. The first-order valence-corrected chi connectivity index (χ1v) is 7.29. The lowest BCUT2D eigenvalue weighted by atomic mass is 10.1. The van der Waals surface area contributed by atoms with Crippen LogP contribution in [-0.2, 0) is 0 Å². The molecule has 0 saturated carbocycles. The van der Waals surface area contributed by atoms with Crippen molar-refractivity contribution in [3.63, 3.8) is 0 Å². The Morgan fingerprint density at radius 3 is 2.58 bits per heavy atom. The summed E-state index contributed by atoms with van der Waals surface area (Å²) in [6.07, 6.45) is 4.90. The summed E-state index contributed by atoms with van der Waals surface area (Å²) in [5, 5.41) is 3.43. The maximum atomic E-state index is 13.1. The molecule has 1 aromatic carbocycles. The first-order valence-electron chi connectivity index (χ1n) is 7.29. The third kappa shape index (κ3) is 7.16. The Morgan fingerprint density at radius 2 is 1.89 bits per heavy atom. The largest absolute Gasteiger partial charge is 0.375 e. The van der Waals surface area contributed by atoms with Crippen molar-refractivity contribution in [1.29, 1.82) is 0 Å². The van der Waals surface area contributed by atoms with E-state index in [2.05, 4.69) is 24.1 Å². The predicted molar refractivity (Wildman–Crippen MR) is 81.3 cm³/mol. The summed E-state index contributed by atoms with van der Waals surface area (Å²) >= 11 is 0. The predicted octanol–water partition coefficient (Wildman–Crippen LogP) is 3.82. The molecule has 0 heterocycles. The molecule has 108 valence electrons. The van der Waals surface area contributed by atoms with Gasteiger partial charge in [0.1, 0.15) is 5.82 Å². The quantitative estimate of drug-likeness (QED) is 0.684. The Balaban J connectivity index is 2.09. The molecule has 0 aliphatic rings. The standard InChI is InChI=1S/C16H27FN2/c1-14(2)18-11-6-4-5-7-12-19(3)16-10-8-9-15(17)13-16/h8-10,13-14,18H,4-7,11-12H2,1-3H3. The number of hydrogen-bond donors (Lipinski definition) is 1. The zero-order valence-electron chi connectivity index (χ0n) is 12.5. The smallest absolute Gasteiger partial charge is 0.125 e. The molecule has 0 aliphatic carbocycles. The van der Waals surface area contributed by atoms with Gasteiger partial charge in [-0.1, -0.05) is 32.8 Å². The van der Waals surface area contributed by atoms with Gasteiger partial charge in [0.2, 0.25) is 0 Å². The summed E-state index contributed by atoms with van der Waals surface area (Å²) in [6, 6.07) is 7.37. The summed E-state index contributed by atoms with van der Waals surface area (Å²) in [6.45, 7) is 6.44. The topological polar surface area (TPSA) is 15.3 Å². The van der Waals surface area contributed by atoms with E-state index < -0.39 is 0 Å². The van der Waals surface area contributed by atoms with Gasteiger partial charge < -0.3 is 10.2 Å². The van der Waals surface area contributed by atoms with Gasteiger partial charge >= 0.3 is 0 Å². The van der Waals surface area contributed by atoms with Gasteiger partial charge in [0.15, 0.2) is 0 Å². The molecule has 1 N–H and O–H groups in total. The SMILES string of the molecule is CC(C)NCCCCCCN(C)c1cccc(F)c1. The van der Waals surface area contributed by atoms with Crippen molar-refractivity contribution in [3.8, 4) is 0 Å². The molecule has 0 aliphatic heterocycles. The van der Waals surface area contributed by atoms with E-state index in [9.17, 15) is 4.39 Å². The van der Waals surface area contributed by atoms with Gasteiger partial charge in [-0.05, 0) is 37.6 Å². The van der Waals surface area contributed by atoms with E-state index in [1.165, 1.54) is 25.3 Å². The van der Waals surface area contributed by atoms with E-state index in [0.717, 1.165) is 25.2 Å². The van der Waals surface area contributed by atoms with Crippen molar-refractivity contribution in [2.45, 2.75) is 45.6 Å². The van der Waals surface area contributed by atoms with Crippen LogP contribution in [-0.4, -0.2) is 26.2 Å². The van der Waals surface area contributed by atoms with Crippen LogP contribution in [0.4, 0.5) is 10.1 Å². The van der Waals surface area contributed by atoms with Crippen molar-refractivity contribution in [2.75, 3.05) is 25.0 Å². The number of rotatable bonds is 9. The second-order valence-corrected chi connectivity index (χ2v) is 5.42. The van der Waals surface area contributed by atoms with Crippen LogP contribution in [0.2, 0.25) is 0 Å². The molecule has 0 fully saturated rings. The molecule has 0 amide bonds. The van der Waals surface area contributed by atoms with Crippen LogP contribution in [0.3, 0.4) is 0 Å². The van der Waals surface area contributed by atoms with E-state index in [1.807, 2.05) is 13.1 Å². The molecule has 3 heteroatoms. The minimum absolute atomic E-state index is 0.163. The van der Waals surface area contributed by atoms with Crippen LogP contribution < -0.4 is 10.2 Å². The number of anilines is 1. The Labute approximate surface area is 117 Å². The highest BCUT2D eigenvalue weighted by molar-refractivity contribution is 5.45. The maximum absolute atomic E-state index is 13.1. The molecule has 0 aromatic heterocycles. The number of nitrogens with one attached hydrogen (secondary N) is 1.